The predicted octanol–water partition coefficient (Wildman–Crippen LogP) is 6.25. The van der Waals surface area contributed by atoms with Crippen LogP contribution in [0.25, 0.3) is 21.8 Å². The van der Waals surface area contributed by atoms with E-state index in [1.807, 2.05) is 30.6 Å². The summed E-state index contributed by atoms with van der Waals surface area (Å²) in [6.07, 6.45) is 3.74. The molecule has 0 saturated heterocycles. The number of hydrogen-bond acceptors (Lipinski definition) is 3. The Morgan fingerprint density at radius 1 is 0.519 bits per heavy atom. The second-order valence-electron chi connectivity index (χ2n) is 6.41. The van der Waals surface area contributed by atoms with E-state index < -0.39 is 0 Å². The van der Waals surface area contributed by atoms with Gasteiger partial charge in [-0.15, -0.1) is 0 Å². The Morgan fingerprint density at radius 2 is 1.15 bits per heavy atom. The molecule has 0 aliphatic heterocycles. The fourth-order valence-corrected chi connectivity index (χ4v) is 3.45. The monoisotopic (exact) mass is 347 g/mol. The largest absolute Gasteiger partial charge is 0.309 e. The molecule has 0 aliphatic rings. The molecule has 0 bridgehead atoms. The van der Waals surface area contributed by atoms with Gasteiger partial charge in [0.15, 0.2) is 0 Å². The Bertz CT molecular complexity index is 1180. The van der Waals surface area contributed by atoms with Crippen LogP contribution in [-0.4, -0.2) is 9.97 Å². The molecular weight excluding hydrogens is 330 g/mol. The lowest BCUT2D eigenvalue weighted by Gasteiger charge is -2.25. The number of pyridine rings is 2. The van der Waals surface area contributed by atoms with E-state index in [0.29, 0.717) is 0 Å². The van der Waals surface area contributed by atoms with Crippen molar-refractivity contribution in [2.24, 2.45) is 0 Å². The molecular formula is C24H17N3. The fourth-order valence-electron chi connectivity index (χ4n) is 3.45. The van der Waals surface area contributed by atoms with Crippen molar-refractivity contribution >= 4 is 38.9 Å². The summed E-state index contributed by atoms with van der Waals surface area (Å²) >= 11 is 0. The zero-order valence-electron chi connectivity index (χ0n) is 14.7. The van der Waals surface area contributed by atoms with Crippen molar-refractivity contribution < 1.29 is 0 Å². The molecule has 3 aromatic carbocycles. The van der Waals surface area contributed by atoms with E-state index in [4.69, 9.17) is 4.98 Å². The van der Waals surface area contributed by atoms with Crippen molar-refractivity contribution in [1.29, 1.82) is 0 Å². The Labute approximate surface area is 157 Å². The molecule has 0 spiro atoms. The number of anilines is 3. The topological polar surface area (TPSA) is 29.0 Å². The van der Waals surface area contributed by atoms with Gasteiger partial charge in [-0.05, 0) is 36.4 Å². The maximum Gasteiger partial charge on any atom is 0.0966 e. The minimum absolute atomic E-state index is 0.929. The van der Waals surface area contributed by atoms with Crippen molar-refractivity contribution in [1.82, 2.24) is 9.97 Å². The zero-order valence-corrected chi connectivity index (χ0v) is 14.7. The molecule has 27 heavy (non-hydrogen) atoms. The first-order chi connectivity index (χ1) is 13.4. The smallest absolute Gasteiger partial charge is 0.0966 e. The van der Waals surface area contributed by atoms with Gasteiger partial charge in [-0.1, -0.05) is 54.6 Å². The first-order valence-electron chi connectivity index (χ1n) is 8.94. The normalized spacial score (nSPS) is 11.0. The fraction of sp³-hybridized carbons (Fsp3) is 0. The van der Waals surface area contributed by atoms with E-state index in [-0.39, 0.29) is 0 Å². The SMILES string of the molecule is c1ccc(N(c2ccccc2)c2cnc3c(ccc4cccnc43)c2)cc1. The molecule has 0 saturated carbocycles. The van der Waals surface area contributed by atoms with Gasteiger partial charge in [-0.3, -0.25) is 9.97 Å². The zero-order chi connectivity index (χ0) is 18.1. The summed E-state index contributed by atoms with van der Waals surface area (Å²) in [5, 5.41) is 2.18. The van der Waals surface area contributed by atoms with Gasteiger partial charge in [-0.2, -0.15) is 0 Å². The van der Waals surface area contributed by atoms with E-state index in [0.717, 1.165) is 38.9 Å². The molecule has 128 valence electrons. The van der Waals surface area contributed by atoms with E-state index >= 15 is 0 Å². The van der Waals surface area contributed by atoms with Crippen molar-refractivity contribution in [2.75, 3.05) is 4.90 Å². The number of rotatable bonds is 3. The van der Waals surface area contributed by atoms with E-state index in [2.05, 4.69) is 82.7 Å². The van der Waals surface area contributed by atoms with Crippen LogP contribution in [0.3, 0.4) is 0 Å². The highest BCUT2D eigenvalue weighted by Gasteiger charge is 2.13. The van der Waals surface area contributed by atoms with Crippen LogP contribution >= 0.6 is 0 Å². The third kappa shape index (κ3) is 2.79. The van der Waals surface area contributed by atoms with Crippen molar-refractivity contribution in [2.45, 2.75) is 0 Å². The third-order valence-electron chi connectivity index (χ3n) is 4.70. The molecule has 0 aliphatic carbocycles. The van der Waals surface area contributed by atoms with Crippen molar-refractivity contribution in [3.8, 4) is 0 Å². The molecule has 0 radical (unpaired) electrons. The second-order valence-corrected chi connectivity index (χ2v) is 6.41. The average Bonchev–Trinajstić information content (AvgIpc) is 2.75. The summed E-state index contributed by atoms with van der Waals surface area (Å²) in [5.41, 5.74) is 5.09. The van der Waals surface area contributed by atoms with Gasteiger partial charge in [0.05, 0.1) is 22.9 Å². The van der Waals surface area contributed by atoms with E-state index in [1.165, 1.54) is 0 Å². The highest BCUT2D eigenvalue weighted by Crippen LogP contribution is 2.35. The van der Waals surface area contributed by atoms with Crippen LogP contribution in [0.5, 0.6) is 0 Å². The van der Waals surface area contributed by atoms with Crippen LogP contribution in [0, 0.1) is 0 Å². The Hall–Kier alpha value is -3.72. The third-order valence-corrected chi connectivity index (χ3v) is 4.70. The Kier molecular flexibility index (Phi) is 3.76. The van der Waals surface area contributed by atoms with Gasteiger partial charge in [0.1, 0.15) is 0 Å². The van der Waals surface area contributed by atoms with E-state index in [1.54, 1.807) is 0 Å². The van der Waals surface area contributed by atoms with Crippen LogP contribution in [0.15, 0.2) is 103 Å². The standard InChI is InChI=1S/C24H17N3/c1-3-9-20(10-4-1)27(21-11-5-2-6-12-21)22-16-19-14-13-18-8-7-15-25-23(18)24(19)26-17-22/h1-17H. The van der Waals surface area contributed by atoms with Crippen LogP contribution < -0.4 is 4.90 Å². The molecule has 0 fully saturated rings. The van der Waals surface area contributed by atoms with Crippen molar-refractivity contribution in [3.63, 3.8) is 0 Å². The number of aromatic nitrogens is 2. The number of para-hydroxylation sites is 2. The van der Waals surface area contributed by atoms with Crippen LogP contribution in [-0.2, 0) is 0 Å². The second kappa shape index (κ2) is 6.54. The minimum Gasteiger partial charge on any atom is -0.309 e. The van der Waals surface area contributed by atoms with Gasteiger partial charge < -0.3 is 4.90 Å². The van der Waals surface area contributed by atoms with Crippen LogP contribution in [0.1, 0.15) is 0 Å². The van der Waals surface area contributed by atoms with Gasteiger partial charge >= 0.3 is 0 Å². The van der Waals surface area contributed by atoms with Crippen molar-refractivity contribution in [3.05, 3.63) is 103 Å². The molecule has 5 rings (SSSR count). The maximum atomic E-state index is 4.78. The molecule has 2 heterocycles. The minimum atomic E-state index is 0.929. The molecule has 3 nitrogen and oxygen atoms in total. The van der Waals surface area contributed by atoms with E-state index in [9.17, 15) is 0 Å². The van der Waals surface area contributed by atoms with Gasteiger partial charge in [-0.25, -0.2) is 0 Å². The summed E-state index contributed by atoms with van der Waals surface area (Å²) < 4.78 is 0. The first-order valence-corrected chi connectivity index (χ1v) is 8.94. The first kappa shape index (κ1) is 15.5. The average molecular weight is 347 g/mol. The molecule has 5 aromatic rings. The Balaban J connectivity index is 1.72. The summed E-state index contributed by atoms with van der Waals surface area (Å²) in [4.78, 5) is 11.5. The number of benzene rings is 3. The lowest BCUT2D eigenvalue weighted by Crippen LogP contribution is -2.10. The molecule has 3 heteroatoms. The maximum absolute atomic E-state index is 4.78. The molecule has 0 N–H and O–H groups in total. The van der Waals surface area contributed by atoms with Crippen LogP contribution in [0.4, 0.5) is 17.1 Å². The Morgan fingerprint density at radius 3 is 1.85 bits per heavy atom. The summed E-state index contributed by atoms with van der Waals surface area (Å²) in [7, 11) is 0. The highest BCUT2D eigenvalue weighted by atomic mass is 15.1. The lowest BCUT2D eigenvalue weighted by molar-refractivity contribution is 1.25. The lowest BCUT2D eigenvalue weighted by atomic mass is 10.1. The summed E-state index contributed by atoms with van der Waals surface area (Å²) in [6.45, 7) is 0. The molecule has 0 unspecified atom stereocenters. The number of fused-ring (bicyclic) bond motifs is 3. The molecule has 0 amide bonds. The summed E-state index contributed by atoms with van der Waals surface area (Å²) in [6, 6.07) is 31.1. The molecule has 2 aromatic heterocycles. The van der Waals surface area contributed by atoms with Gasteiger partial charge in [0.25, 0.3) is 0 Å². The number of hydrogen-bond donors (Lipinski definition) is 0. The van der Waals surface area contributed by atoms with Gasteiger partial charge in [0, 0.05) is 28.3 Å². The highest BCUT2D eigenvalue weighted by molar-refractivity contribution is 6.03. The summed E-state index contributed by atoms with van der Waals surface area (Å²) in [5.74, 6) is 0. The number of nitrogens with zero attached hydrogens (tertiary/aromatic N) is 3. The van der Waals surface area contributed by atoms with Gasteiger partial charge in [0.2, 0.25) is 0 Å². The molecule has 0 atom stereocenters. The predicted molar refractivity (Wildman–Crippen MR) is 112 cm³/mol. The van der Waals surface area contributed by atoms with Crippen LogP contribution in [0.2, 0.25) is 0 Å². The quantitative estimate of drug-likeness (QED) is 0.361.